The summed E-state index contributed by atoms with van der Waals surface area (Å²) in [6, 6.07) is 9.87. The standard InChI is InChI=1S/C24H31N3O4/c1-29-17-19-5-4-10-26(15-19)14-18-7-8-22-20(13-18)16-27(11-12-31-22)24(28)21-6-3-9-25-23(21)30-2/h3,6-9,13,19H,4-5,10-12,14-17H2,1-2H3. The van der Waals surface area contributed by atoms with Crippen molar-refractivity contribution in [2.45, 2.75) is 25.9 Å². The highest BCUT2D eigenvalue weighted by Gasteiger charge is 2.25. The van der Waals surface area contributed by atoms with Crippen molar-refractivity contribution >= 4 is 5.91 Å². The molecule has 1 fully saturated rings. The lowest BCUT2D eigenvalue weighted by Crippen LogP contribution is -2.36. The van der Waals surface area contributed by atoms with Crippen LogP contribution in [0, 0.1) is 5.92 Å². The van der Waals surface area contributed by atoms with Gasteiger partial charge in [-0.2, -0.15) is 0 Å². The van der Waals surface area contributed by atoms with Gasteiger partial charge in [0, 0.05) is 38.5 Å². The number of piperidine rings is 1. The molecule has 2 aliphatic heterocycles. The van der Waals surface area contributed by atoms with E-state index in [-0.39, 0.29) is 5.91 Å². The molecule has 2 aliphatic rings. The van der Waals surface area contributed by atoms with E-state index in [4.69, 9.17) is 14.2 Å². The van der Waals surface area contributed by atoms with Gasteiger partial charge in [-0.05, 0) is 55.1 Å². The zero-order valence-corrected chi connectivity index (χ0v) is 18.4. The summed E-state index contributed by atoms with van der Waals surface area (Å²) in [7, 11) is 3.31. The number of hydrogen-bond donors (Lipinski definition) is 0. The number of benzene rings is 1. The fourth-order valence-corrected chi connectivity index (χ4v) is 4.53. The molecule has 7 heteroatoms. The number of fused-ring (bicyclic) bond motifs is 1. The number of pyridine rings is 1. The van der Waals surface area contributed by atoms with Gasteiger partial charge in [-0.1, -0.05) is 6.07 Å². The number of aromatic nitrogens is 1. The normalized spacial score (nSPS) is 19.3. The predicted molar refractivity (Wildman–Crippen MR) is 117 cm³/mol. The lowest BCUT2D eigenvalue weighted by atomic mass is 9.98. The molecule has 0 N–H and O–H groups in total. The molecule has 4 rings (SSSR count). The average Bonchev–Trinajstić information content (AvgIpc) is 3.01. The monoisotopic (exact) mass is 425 g/mol. The van der Waals surface area contributed by atoms with E-state index >= 15 is 0 Å². The highest BCUT2D eigenvalue weighted by atomic mass is 16.5. The van der Waals surface area contributed by atoms with E-state index < -0.39 is 0 Å². The zero-order valence-electron chi connectivity index (χ0n) is 18.4. The molecule has 1 saturated heterocycles. The molecule has 0 saturated carbocycles. The lowest BCUT2D eigenvalue weighted by molar-refractivity contribution is 0.0729. The highest BCUT2D eigenvalue weighted by Crippen LogP contribution is 2.28. The fraction of sp³-hybridized carbons (Fsp3) is 0.500. The minimum Gasteiger partial charge on any atom is -0.491 e. The van der Waals surface area contributed by atoms with Gasteiger partial charge in [0.15, 0.2) is 0 Å². The topological polar surface area (TPSA) is 64.1 Å². The Bertz CT molecular complexity index is 902. The van der Waals surface area contributed by atoms with Crippen molar-refractivity contribution in [3.8, 4) is 11.6 Å². The first-order valence-electron chi connectivity index (χ1n) is 10.9. The number of carbonyl (C=O) groups excluding carboxylic acids is 1. The van der Waals surface area contributed by atoms with Crippen LogP contribution in [0.3, 0.4) is 0 Å². The Morgan fingerprint density at radius 1 is 1.26 bits per heavy atom. The second kappa shape index (κ2) is 10.1. The molecule has 1 atom stereocenters. The molecule has 1 amide bonds. The average molecular weight is 426 g/mol. The smallest absolute Gasteiger partial charge is 0.259 e. The van der Waals surface area contributed by atoms with Crippen LogP contribution in [0.1, 0.15) is 34.3 Å². The van der Waals surface area contributed by atoms with Crippen LogP contribution in [0.5, 0.6) is 11.6 Å². The van der Waals surface area contributed by atoms with Crippen molar-refractivity contribution in [2.24, 2.45) is 5.92 Å². The van der Waals surface area contributed by atoms with Gasteiger partial charge >= 0.3 is 0 Å². The molecule has 0 radical (unpaired) electrons. The number of methoxy groups -OCH3 is 2. The van der Waals surface area contributed by atoms with E-state index in [2.05, 4.69) is 22.0 Å². The van der Waals surface area contributed by atoms with Crippen molar-refractivity contribution in [2.75, 3.05) is 47.1 Å². The maximum Gasteiger partial charge on any atom is 0.259 e. The van der Waals surface area contributed by atoms with E-state index in [0.717, 1.165) is 37.6 Å². The van der Waals surface area contributed by atoms with Gasteiger partial charge in [0.2, 0.25) is 5.88 Å². The summed E-state index contributed by atoms with van der Waals surface area (Å²) in [5, 5.41) is 0. The van der Waals surface area contributed by atoms with E-state index in [9.17, 15) is 4.79 Å². The van der Waals surface area contributed by atoms with E-state index in [1.54, 1.807) is 25.4 Å². The van der Waals surface area contributed by atoms with Gasteiger partial charge in [-0.3, -0.25) is 9.69 Å². The summed E-state index contributed by atoms with van der Waals surface area (Å²) in [6.45, 7) is 5.39. The Labute approximate surface area is 183 Å². The van der Waals surface area contributed by atoms with Crippen LogP contribution in [0.4, 0.5) is 0 Å². The van der Waals surface area contributed by atoms with Gasteiger partial charge in [-0.15, -0.1) is 0 Å². The second-order valence-electron chi connectivity index (χ2n) is 8.28. The second-order valence-corrected chi connectivity index (χ2v) is 8.28. The summed E-state index contributed by atoms with van der Waals surface area (Å²) >= 11 is 0. The first kappa shape index (κ1) is 21.6. The third-order valence-corrected chi connectivity index (χ3v) is 6.00. The Hall–Kier alpha value is -2.64. The third-order valence-electron chi connectivity index (χ3n) is 6.00. The van der Waals surface area contributed by atoms with E-state index in [1.165, 1.54) is 25.5 Å². The molecule has 1 aromatic carbocycles. The van der Waals surface area contributed by atoms with Crippen LogP contribution in [-0.2, 0) is 17.8 Å². The van der Waals surface area contributed by atoms with Crippen LogP contribution in [-0.4, -0.2) is 67.8 Å². The van der Waals surface area contributed by atoms with Crippen LogP contribution in [0.25, 0.3) is 0 Å². The first-order valence-corrected chi connectivity index (χ1v) is 10.9. The summed E-state index contributed by atoms with van der Waals surface area (Å²) in [4.78, 5) is 21.6. The molecular formula is C24H31N3O4. The van der Waals surface area contributed by atoms with Gasteiger partial charge in [0.25, 0.3) is 5.91 Å². The van der Waals surface area contributed by atoms with Gasteiger partial charge in [0.1, 0.15) is 17.9 Å². The summed E-state index contributed by atoms with van der Waals surface area (Å²) in [6.07, 6.45) is 4.06. The van der Waals surface area contributed by atoms with Crippen LogP contribution in [0.2, 0.25) is 0 Å². The number of carbonyl (C=O) groups is 1. The molecule has 0 bridgehead atoms. The van der Waals surface area contributed by atoms with Gasteiger partial charge < -0.3 is 19.1 Å². The van der Waals surface area contributed by atoms with Gasteiger partial charge in [0.05, 0.1) is 20.3 Å². The van der Waals surface area contributed by atoms with Crippen molar-refractivity contribution in [3.63, 3.8) is 0 Å². The number of hydrogen-bond acceptors (Lipinski definition) is 6. The molecule has 0 spiro atoms. The molecule has 0 aliphatic carbocycles. The molecular weight excluding hydrogens is 394 g/mol. The molecule has 3 heterocycles. The van der Waals surface area contributed by atoms with Crippen LogP contribution >= 0.6 is 0 Å². The maximum absolute atomic E-state index is 13.2. The Morgan fingerprint density at radius 2 is 2.16 bits per heavy atom. The Kier molecular flexibility index (Phi) is 7.04. The van der Waals surface area contributed by atoms with Crippen molar-refractivity contribution in [1.82, 2.24) is 14.8 Å². The molecule has 1 aromatic heterocycles. The number of nitrogens with zero attached hydrogens (tertiary/aromatic N) is 3. The van der Waals surface area contributed by atoms with E-state index in [1.807, 2.05) is 11.0 Å². The number of ether oxygens (including phenoxy) is 3. The summed E-state index contributed by atoms with van der Waals surface area (Å²) < 4.78 is 16.6. The molecule has 1 unspecified atom stereocenters. The Morgan fingerprint density at radius 3 is 3.00 bits per heavy atom. The predicted octanol–water partition coefficient (Wildman–Crippen LogP) is 2.98. The largest absolute Gasteiger partial charge is 0.491 e. The van der Waals surface area contributed by atoms with Crippen LogP contribution < -0.4 is 9.47 Å². The molecule has 31 heavy (non-hydrogen) atoms. The van der Waals surface area contributed by atoms with Crippen molar-refractivity contribution in [1.29, 1.82) is 0 Å². The minimum atomic E-state index is -0.0924. The number of rotatable bonds is 6. The number of amides is 1. The van der Waals surface area contributed by atoms with Crippen molar-refractivity contribution in [3.05, 3.63) is 53.2 Å². The quantitative estimate of drug-likeness (QED) is 0.709. The minimum absolute atomic E-state index is 0.0924. The number of likely N-dealkylation sites (tertiary alicyclic amines) is 1. The SMILES string of the molecule is COCC1CCCN(Cc2ccc3c(c2)CN(C(=O)c2cccnc2OC)CCO3)C1. The Balaban J connectivity index is 1.48. The molecule has 166 valence electrons. The van der Waals surface area contributed by atoms with Crippen LogP contribution in [0.15, 0.2) is 36.5 Å². The zero-order chi connectivity index (χ0) is 21.6. The van der Waals surface area contributed by atoms with Gasteiger partial charge in [-0.25, -0.2) is 4.98 Å². The lowest BCUT2D eigenvalue weighted by Gasteiger charge is -2.32. The highest BCUT2D eigenvalue weighted by molar-refractivity contribution is 5.96. The summed E-state index contributed by atoms with van der Waals surface area (Å²) in [5.74, 6) is 1.71. The molecule has 7 nitrogen and oxygen atoms in total. The first-order chi connectivity index (χ1) is 15.2. The molecule has 2 aromatic rings. The summed E-state index contributed by atoms with van der Waals surface area (Å²) in [5.41, 5.74) is 2.76. The van der Waals surface area contributed by atoms with Crippen molar-refractivity contribution < 1.29 is 19.0 Å². The fourth-order valence-electron chi connectivity index (χ4n) is 4.53. The van der Waals surface area contributed by atoms with E-state index in [0.29, 0.717) is 37.1 Å². The third kappa shape index (κ3) is 5.17. The maximum atomic E-state index is 13.2.